The van der Waals surface area contributed by atoms with Gasteiger partial charge in [-0.25, -0.2) is 9.79 Å². The number of ether oxygens (including phenoxy) is 1. The molecule has 0 saturated heterocycles. The first-order valence-corrected chi connectivity index (χ1v) is 12.8. The number of hydrogen-bond acceptors (Lipinski definition) is 6. The molecule has 3 aromatic carbocycles. The summed E-state index contributed by atoms with van der Waals surface area (Å²) in [7, 11) is 1.33. The molecule has 5 rings (SSSR count). The SMILES string of the molecule is COC(=O)c1ccc(/C=c2\sc3n(c2=O)[C@H](c2ccc(C)cc2)C(C(=O)Nc2ccccc2)=C(C)N=3)cc1. The van der Waals surface area contributed by atoms with E-state index in [1.54, 1.807) is 41.8 Å². The van der Waals surface area contributed by atoms with Gasteiger partial charge in [0.2, 0.25) is 0 Å². The number of hydrogen-bond donors (Lipinski definition) is 1. The minimum Gasteiger partial charge on any atom is -0.465 e. The maximum Gasteiger partial charge on any atom is 0.337 e. The predicted molar refractivity (Wildman–Crippen MR) is 148 cm³/mol. The zero-order chi connectivity index (χ0) is 26.8. The van der Waals surface area contributed by atoms with Gasteiger partial charge in [0, 0.05) is 5.69 Å². The highest BCUT2D eigenvalue weighted by Crippen LogP contribution is 2.31. The van der Waals surface area contributed by atoms with Crippen LogP contribution in [0.15, 0.2) is 99.9 Å². The number of aryl methyl sites for hydroxylation is 1. The van der Waals surface area contributed by atoms with Crippen LogP contribution in [0.1, 0.15) is 40.0 Å². The topological polar surface area (TPSA) is 89.8 Å². The number of fused-ring (bicyclic) bond motifs is 1. The smallest absolute Gasteiger partial charge is 0.337 e. The molecule has 0 aliphatic carbocycles. The lowest BCUT2D eigenvalue weighted by molar-refractivity contribution is -0.113. The largest absolute Gasteiger partial charge is 0.465 e. The number of methoxy groups -OCH3 is 1. The average Bonchev–Trinajstić information content (AvgIpc) is 3.23. The summed E-state index contributed by atoms with van der Waals surface area (Å²) in [5, 5.41) is 2.95. The Hall–Kier alpha value is -4.56. The van der Waals surface area contributed by atoms with E-state index in [2.05, 4.69) is 10.3 Å². The first-order chi connectivity index (χ1) is 18.4. The molecule has 0 spiro atoms. The molecular weight excluding hydrogens is 498 g/mol. The second-order valence-electron chi connectivity index (χ2n) is 8.93. The molecule has 0 fully saturated rings. The Balaban J connectivity index is 1.62. The third-order valence-corrected chi connectivity index (χ3v) is 7.30. The van der Waals surface area contributed by atoms with Crippen molar-refractivity contribution in [3.05, 3.63) is 132 Å². The number of allylic oxidation sites excluding steroid dienone is 1. The summed E-state index contributed by atoms with van der Waals surface area (Å²) in [5.74, 6) is -0.735. The van der Waals surface area contributed by atoms with Gasteiger partial charge in [0.25, 0.3) is 11.5 Å². The first kappa shape index (κ1) is 25.1. The van der Waals surface area contributed by atoms with Crippen molar-refractivity contribution in [2.24, 2.45) is 4.99 Å². The standard InChI is InChI=1S/C30H25N3O4S/c1-18-9-13-21(14-10-18)26-25(27(34)32-23-7-5-4-6-8-23)19(2)31-30-33(26)28(35)24(38-30)17-20-11-15-22(16-12-20)29(36)37-3/h4-17,26H,1-3H3,(H,32,34)/b24-17-/t26-/m1/s1. The summed E-state index contributed by atoms with van der Waals surface area (Å²) in [6, 6.07) is 23.2. The highest BCUT2D eigenvalue weighted by molar-refractivity contribution is 7.07. The molecule has 0 bridgehead atoms. The zero-order valence-corrected chi connectivity index (χ0v) is 21.9. The van der Waals surface area contributed by atoms with Crippen LogP contribution in [0.5, 0.6) is 0 Å². The van der Waals surface area contributed by atoms with E-state index >= 15 is 0 Å². The maximum atomic E-state index is 13.8. The van der Waals surface area contributed by atoms with Crippen LogP contribution in [0.4, 0.5) is 5.69 Å². The normalized spacial score (nSPS) is 15.0. The van der Waals surface area contributed by atoms with E-state index in [4.69, 9.17) is 4.74 Å². The van der Waals surface area contributed by atoms with Gasteiger partial charge in [-0.05, 0) is 55.3 Å². The van der Waals surface area contributed by atoms with E-state index in [1.807, 2.05) is 61.5 Å². The van der Waals surface area contributed by atoms with Crippen LogP contribution < -0.4 is 20.2 Å². The van der Waals surface area contributed by atoms with Gasteiger partial charge in [0.15, 0.2) is 4.80 Å². The minimum absolute atomic E-state index is 0.242. The number of carbonyl (C=O) groups is 2. The van der Waals surface area contributed by atoms with Gasteiger partial charge in [0.1, 0.15) is 0 Å². The van der Waals surface area contributed by atoms with Crippen LogP contribution in [-0.4, -0.2) is 23.6 Å². The second-order valence-corrected chi connectivity index (χ2v) is 9.94. The van der Waals surface area contributed by atoms with Gasteiger partial charge >= 0.3 is 5.97 Å². The molecule has 8 heteroatoms. The lowest BCUT2D eigenvalue weighted by atomic mass is 9.94. The molecule has 1 atom stereocenters. The molecule has 0 saturated carbocycles. The lowest BCUT2D eigenvalue weighted by Gasteiger charge is -2.25. The van der Waals surface area contributed by atoms with Crippen molar-refractivity contribution in [1.29, 1.82) is 0 Å². The van der Waals surface area contributed by atoms with Crippen LogP contribution >= 0.6 is 11.3 Å². The fourth-order valence-electron chi connectivity index (χ4n) is 4.38. The Labute approximate surface area is 223 Å². The van der Waals surface area contributed by atoms with Gasteiger partial charge < -0.3 is 10.1 Å². The van der Waals surface area contributed by atoms with E-state index in [-0.39, 0.29) is 11.5 Å². The molecule has 190 valence electrons. The van der Waals surface area contributed by atoms with Gasteiger partial charge in [-0.3, -0.25) is 14.2 Å². The highest BCUT2D eigenvalue weighted by atomic mass is 32.1. The fourth-order valence-corrected chi connectivity index (χ4v) is 5.43. The van der Waals surface area contributed by atoms with Crippen molar-refractivity contribution in [2.75, 3.05) is 12.4 Å². The van der Waals surface area contributed by atoms with Crippen LogP contribution in [0.25, 0.3) is 6.08 Å². The molecular formula is C30H25N3O4S. The number of carbonyl (C=O) groups excluding carboxylic acids is 2. The number of thiazole rings is 1. The predicted octanol–water partition coefficient (Wildman–Crippen LogP) is 3.97. The molecule has 1 N–H and O–H groups in total. The van der Waals surface area contributed by atoms with Crippen LogP contribution in [0.3, 0.4) is 0 Å². The molecule has 4 aromatic rings. The average molecular weight is 524 g/mol. The minimum atomic E-state index is -0.639. The number of aromatic nitrogens is 1. The summed E-state index contributed by atoms with van der Waals surface area (Å²) in [4.78, 5) is 44.3. The monoisotopic (exact) mass is 523 g/mol. The lowest BCUT2D eigenvalue weighted by Crippen LogP contribution is -2.40. The summed E-state index contributed by atoms with van der Waals surface area (Å²) in [6.45, 7) is 3.79. The van der Waals surface area contributed by atoms with Crippen molar-refractivity contribution < 1.29 is 14.3 Å². The number of anilines is 1. The molecule has 1 aliphatic rings. The van der Waals surface area contributed by atoms with Crippen molar-refractivity contribution >= 4 is 35.0 Å². The van der Waals surface area contributed by atoms with Gasteiger partial charge in [0.05, 0.1) is 34.5 Å². The second kappa shape index (κ2) is 10.4. The molecule has 2 heterocycles. The van der Waals surface area contributed by atoms with Gasteiger partial charge in [-0.1, -0.05) is 71.5 Å². The Kier molecular flexibility index (Phi) is 6.89. The zero-order valence-electron chi connectivity index (χ0n) is 21.1. The Morgan fingerprint density at radius 3 is 2.32 bits per heavy atom. The highest BCUT2D eigenvalue weighted by Gasteiger charge is 2.32. The Morgan fingerprint density at radius 1 is 0.974 bits per heavy atom. The number of rotatable bonds is 5. The van der Waals surface area contributed by atoms with Crippen LogP contribution in [0, 0.1) is 6.92 Å². The molecule has 7 nitrogen and oxygen atoms in total. The molecule has 1 aliphatic heterocycles. The fraction of sp³-hybridized carbons (Fsp3) is 0.133. The third kappa shape index (κ3) is 4.86. The van der Waals surface area contributed by atoms with Crippen LogP contribution in [-0.2, 0) is 9.53 Å². The maximum absolute atomic E-state index is 13.8. The summed E-state index contributed by atoms with van der Waals surface area (Å²) >= 11 is 1.27. The Bertz CT molecular complexity index is 1730. The summed E-state index contributed by atoms with van der Waals surface area (Å²) < 4.78 is 6.83. The van der Waals surface area contributed by atoms with E-state index in [1.165, 1.54) is 18.4 Å². The summed E-state index contributed by atoms with van der Waals surface area (Å²) in [6.07, 6.45) is 1.76. The van der Waals surface area contributed by atoms with E-state index in [0.717, 1.165) is 16.7 Å². The number of esters is 1. The van der Waals surface area contributed by atoms with Gasteiger partial charge in [-0.15, -0.1) is 0 Å². The van der Waals surface area contributed by atoms with Crippen LogP contribution in [0.2, 0.25) is 0 Å². The molecule has 1 amide bonds. The number of para-hydroxylation sites is 1. The molecule has 0 unspecified atom stereocenters. The van der Waals surface area contributed by atoms with E-state index in [9.17, 15) is 14.4 Å². The molecule has 0 radical (unpaired) electrons. The van der Waals surface area contributed by atoms with E-state index < -0.39 is 12.0 Å². The Morgan fingerprint density at radius 2 is 1.66 bits per heavy atom. The van der Waals surface area contributed by atoms with E-state index in [0.29, 0.717) is 31.9 Å². The quantitative estimate of drug-likeness (QED) is 0.401. The molecule has 38 heavy (non-hydrogen) atoms. The first-order valence-electron chi connectivity index (χ1n) is 12.0. The number of nitrogens with zero attached hydrogens (tertiary/aromatic N) is 2. The summed E-state index contributed by atoms with van der Waals surface area (Å²) in [5.41, 5.74) is 4.47. The number of nitrogens with one attached hydrogen (secondary N) is 1. The van der Waals surface area contributed by atoms with Gasteiger partial charge in [-0.2, -0.15) is 0 Å². The molecule has 1 aromatic heterocycles. The van der Waals surface area contributed by atoms with Crippen molar-refractivity contribution in [3.63, 3.8) is 0 Å². The van der Waals surface area contributed by atoms with Crippen molar-refractivity contribution in [3.8, 4) is 0 Å². The number of benzene rings is 3. The van der Waals surface area contributed by atoms with Crippen molar-refractivity contribution in [2.45, 2.75) is 19.9 Å². The number of amides is 1. The third-order valence-electron chi connectivity index (χ3n) is 6.32. The van der Waals surface area contributed by atoms with Crippen molar-refractivity contribution in [1.82, 2.24) is 4.57 Å².